The Balaban J connectivity index is 0.00000180. The molecule has 0 bridgehead atoms. The Kier molecular flexibility index (Phi) is 4.82. The molecule has 2 rings (SSSR count). The van der Waals surface area contributed by atoms with Crippen LogP contribution in [0.25, 0.3) is 0 Å². The van der Waals surface area contributed by atoms with Gasteiger partial charge in [0, 0.05) is 10.4 Å². The molecule has 0 fully saturated rings. The number of phenols is 1. The molecule has 8 heteroatoms. The van der Waals surface area contributed by atoms with Crippen molar-refractivity contribution in [2.45, 2.75) is 6.04 Å². The quantitative estimate of drug-likeness (QED) is 0.674. The van der Waals surface area contributed by atoms with Gasteiger partial charge >= 0.3 is 5.69 Å². The van der Waals surface area contributed by atoms with Gasteiger partial charge in [-0.2, -0.15) is 0 Å². The number of halogens is 2. The molecule has 0 saturated heterocycles. The molecule has 1 heterocycles. The SMILES string of the molecule is Cl.N[C@H](c1cccs1)c1cc(F)cc([N+](=O)[O-])c1O. The number of nitro groups is 1. The van der Waals surface area contributed by atoms with Crippen LogP contribution in [0.3, 0.4) is 0 Å². The first kappa shape index (κ1) is 15.4. The van der Waals surface area contributed by atoms with Crippen LogP contribution in [0.4, 0.5) is 10.1 Å². The number of hydrogen-bond acceptors (Lipinski definition) is 5. The Morgan fingerprint density at radius 1 is 1.47 bits per heavy atom. The molecule has 0 spiro atoms. The number of benzene rings is 1. The topological polar surface area (TPSA) is 89.4 Å². The van der Waals surface area contributed by atoms with E-state index in [1.807, 2.05) is 0 Å². The van der Waals surface area contributed by atoms with Gasteiger partial charge in [0.1, 0.15) is 5.82 Å². The Morgan fingerprint density at radius 3 is 2.68 bits per heavy atom. The minimum absolute atomic E-state index is 0. The van der Waals surface area contributed by atoms with Crippen molar-refractivity contribution in [3.8, 4) is 5.75 Å². The van der Waals surface area contributed by atoms with E-state index in [-0.39, 0.29) is 18.0 Å². The summed E-state index contributed by atoms with van der Waals surface area (Å²) in [6.45, 7) is 0. The third kappa shape index (κ3) is 3.01. The molecule has 0 aliphatic rings. The summed E-state index contributed by atoms with van der Waals surface area (Å²) in [5.41, 5.74) is 5.18. The lowest BCUT2D eigenvalue weighted by molar-refractivity contribution is -0.386. The molecule has 1 atom stereocenters. The maximum Gasteiger partial charge on any atom is 0.313 e. The highest BCUT2D eigenvalue weighted by Crippen LogP contribution is 2.36. The molecule has 3 N–H and O–H groups in total. The summed E-state index contributed by atoms with van der Waals surface area (Å²) in [6, 6.07) is 4.35. The summed E-state index contributed by atoms with van der Waals surface area (Å²) in [4.78, 5) is 10.5. The molecule has 0 saturated carbocycles. The number of phenolic OH excluding ortho intramolecular Hbond substituents is 1. The van der Waals surface area contributed by atoms with E-state index in [1.165, 1.54) is 11.3 Å². The van der Waals surface area contributed by atoms with Crippen LogP contribution in [0.1, 0.15) is 16.5 Å². The zero-order chi connectivity index (χ0) is 13.3. The molecule has 0 amide bonds. The molecule has 19 heavy (non-hydrogen) atoms. The van der Waals surface area contributed by atoms with E-state index in [1.54, 1.807) is 17.5 Å². The van der Waals surface area contributed by atoms with E-state index in [4.69, 9.17) is 5.73 Å². The van der Waals surface area contributed by atoms with Gasteiger partial charge in [-0.15, -0.1) is 23.7 Å². The van der Waals surface area contributed by atoms with E-state index < -0.39 is 28.2 Å². The van der Waals surface area contributed by atoms with E-state index in [0.717, 1.165) is 6.07 Å². The van der Waals surface area contributed by atoms with Crippen molar-refractivity contribution in [3.05, 3.63) is 56.0 Å². The van der Waals surface area contributed by atoms with Crippen molar-refractivity contribution >= 4 is 29.4 Å². The van der Waals surface area contributed by atoms with Gasteiger partial charge in [-0.3, -0.25) is 10.1 Å². The zero-order valence-electron chi connectivity index (χ0n) is 9.45. The molecule has 2 aromatic rings. The van der Waals surface area contributed by atoms with Crippen molar-refractivity contribution in [1.82, 2.24) is 0 Å². The Hall–Kier alpha value is -1.70. The predicted molar refractivity (Wildman–Crippen MR) is 72.3 cm³/mol. The summed E-state index contributed by atoms with van der Waals surface area (Å²) in [5.74, 6) is -1.40. The van der Waals surface area contributed by atoms with Crippen LogP contribution in [0.2, 0.25) is 0 Å². The Bertz CT molecular complexity index is 592. The van der Waals surface area contributed by atoms with Gasteiger partial charge in [0.15, 0.2) is 5.75 Å². The average Bonchev–Trinajstić information content (AvgIpc) is 2.84. The van der Waals surface area contributed by atoms with Crippen LogP contribution < -0.4 is 5.73 Å². The van der Waals surface area contributed by atoms with Crippen molar-refractivity contribution in [3.63, 3.8) is 0 Å². The lowest BCUT2D eigenvalue weighted by Gasteiger charge is -2.12. The van der Waals surface area contributed by atoms with Gasteiger partial charge in [0.25, 0.3) is 0 Å². The monoisotopic (exact) mass is 304 g/mol. The molecule has 1 aromatic carbocycles. The average molecular weight is 305 g/mol. The van der Waals surface area contributed by atoms with Crippen LogP contribution in [-0.4, -0.2) is 10.0 Å². The minimum atomic E-state index is -0.844. The number of thiophene rings is 1. The largest absolute Gasteiger partial charge is 0.502 e. The van der Waals surface area contributed by atoms with Crippen molar-refractivity contribution < 1.29 is 14.4 Å². The van der Waals surface area contributed by atoms with Crippen LogP contribution in [0.15, 0.2) is 29.6 Å². The van der Waals surface area contributed by atoms with Crippen LogP contribution in [0, 0.1) is 15.9 Å². The highest BCUT2D eigenvalue weighted by atomic mass is 35.5. The van der Waals surface area contributed by atoms with E-state index >= 15 is 0 Å². The molecule has 0 radical (unpaired) electrons. The number of nitrogens with two attached hydrogens (primary N) is 1. The molecular formula is C11H10ClFN2O3S. The summed E-state index contributed by atoms with van der Waals surface area (Å²) in [7, 11) is 0. The lowest BCUT2D eigenvalue weighted by Crippen LogP contribution is -2.11. The van der Waals surface area contributed by atoms with Crippen LogP contribution >= 0.6 is 23.7 Å². The summed E-state index contributed by atoms with van der Waals surface area (Å²) < 4.78 is 13.3. The fourth-order valence-corrected chi connectivity index (χ4v) is 2.35. The van der Waals surface area contributed by atoms with E-state index in [9.17, 15) is 19.6 Å². The van der Waals surface area contributed by atoms with Gasteiger partial charge in [-0.05, 0) is 17.5 Å². The van der Waals surface area contributed by atoms with Crippen LogP contribution in [0.5, 0.6) is 5.75 Å². The third-order valence-electron chi connectivity index (χ3n) is 2.47. The summed E-state index contributed by atoms with van der Waals surface area (Å²) >= 11 is 1.33. The van der Waals surface area contributed by atoms with Crippen molar-refractivity contribution in [2.24, 2.45) is 5.73 Å². The van der Waals surface area contributed by atoms with E-state index in [0.29, 0.717) is 10.9 Å². The highest BCUT2D eigenvalue weighted by Gasteiger charge is 2.24. The first-order valence-corrected chi connectivity index (χ1v) is 5.84. The maximum atomic E-state index is 13.3. The second kappa shape index (κ2) is 5.96. The minimum Gasteiger partial charge on any atom is -0.502 e. The smallest absolute Gasteiger partial charge is 0.313 e. The fourth-order valence-electron chi connectivity index (χ4n) is 1.60. The standard InChI is InChI=1S/C11H9FN2O3S.ClH/c12-6-4-7(10(13)9-2-1-3-18-9)11(15)8(5-6)14(16)17;/h1-5,10,15H,13H2;1H/t10-;/m0./s1. The fraction of sp³-hybridized carbons (Fsp3) is 0.0909. The van der Waals surface area contributed by atoms with Gasteiger partial charge in [-0.1, -0.05) is 6.07 Å². The Labute approximate surface area is 118 Å². The number of aromatic hydroxyl groups is 1. The zero-order valence-corrected chi connectivity index (χ0v) is 11.1. The first-order valence-electron chi connectivity index (χ1n) is 4.96. The van der Waals surface area contributed by atoms with Gasteiger partial charge in [0.2, 0.25) is 0 Å². The predicted octanol–water partition coefficient (Wildman–Crippen LogP) is 2.97. The van der Waals surface area contributed by atoms with Gasteiger partial charge in [-0.25, -0.2) is 4.39 Å². The first-order chi connectivity index (χ1) is 8.50. The van der Waals surface area contributed by atoms with Crippen molar-refractivity contribution in [1.29, 1.82) is 0 Å². The second-order valence-corrected chi connectivity index (χ2v) is 4.59. The van der Waals surface area contributed by atoms with Crippen LogP contribution in [-0.2, 0) is 0 Å². The molecule has 5 nitrogen and oxygen atoms in total. The molecule has 102 valence electrons. The molecular weight excluding hydrogens is 295 g/mol. The molecule has 0 aliphatic heterocycles. The highest BCUT2D eigenvalue weighted by molar-refractivity contribution is 7.10. The van der Waals surface area contributed by atoms with Crippen molar-refractivity contribution in [2.75, 3.05) is 0 Å². The normalized spacial score (nSPS) is 11.7. The molecule has 1 aromatic heterocycles. The third-order valence-corrected chi connectivity index (χ3v) is 3.42. The number of hydrogen-bond donors (Lipinski definition) is 2. The summed E-state index contributed by atoms with van der Waals surface area (Å²) in [5, 5.41) is 22.2. The Morgan fingerprint density at radius 2 is 2.16 bits per heavy atom. The van der Waals surface area contributed by atoms with Gasteiger partial charge < -0.3 is 10.8 Å². The van der Waals surface area contributed by atoms with Gasteiger partial charge in [0.05, 0.1) is 17.0 Å². The maximum absolute atomic E-state index is 13.3. The van der Waals surface area contributed by atoms with E-state index in [2.05, 4.69) is 0 Å². The number of nitrogens with zero attached hydrogens (tertiary/aromatic N) is 1. The molecule has 0 unspecified atom stereocenters. The second-order valence-electron chi connectivity index (χ2n) is 3.61. The lowest BCUT2D eigenvalue weighted by atomic mass is 10.0. The summed E-state index contributed by atoms with van der Waals surface area (Å²) in [6.07, 6.45) is 0. The number of rotatable bonds is 3. The number of nitro benzene ring substituents is 1. The molecule has 0 aliphatic carbocycles.